The van der Waals surface area contributed by atoms with Crippen molar-refractivity contribution in [2.75, 3.05) is 5.73 Å². The molecule has 76 valence electrons. The monoisotopic (exact) mass is 256 g/mol. The van der Waals surface area contributed by atoms with Gasteiger partial charge in [0.25, 0.3) is 0 Å². The molecule has 2 heterocycles. The van der Waals surface area contributed by atoms with Gasteiger partial charge in [-0.15, -0.1) is 0 Å². The van der Waals surface area contributed by atoms with Crippen LogP contribution in [0.3, 0.4) is 0 Å². The Morgan fingerprint density at radius 1 is 1.53 bits per heavy atom. The number of nitrogens with zero attached hydrogens (tertiary/aromatic N) is 2. The first kappa shape index (κ1) is 13.0. The van der Waals surface area contributed by atoms with Gasteiger partial charge in [-0.1, -0.05) is 0 Å². The molecular weight excluding hydrogens is 251 g/mol. The minimum atomic E-state index is -5.69. The molecule has 0 atom stereocenters. The Bertz CT molecular complexity index is 504. The fourth-order valence-electron chi connectivity index (χ4n) is 1.09. The molecule has 8 nitrogen and oxygen atoms in total. The number of H-pyrrole nitrogens is 1. The van der Waals surface area contributed by atoms with E-state index >= 15 is 0 Å². The van der Waals surface area contributed by atoms with E-state index in [1.165, 1.54) is 0 Å². The van der Waals surface area contributed by atoms with E-state index in [0.29, 0.717) is 5.96 Å². The molecule has 0 fully saturated rings. The van der Waals surface area contributed by atoms with Gasteiger partial charge in [0.05, 0.1) is 0 Å². The minimum Gasteiger partial charge on any atom is 2.00 e. The average Bonchev–Trinajstić information content (AvgIpc) is 2.23. The van der Waals surface area contributed by atoms with E-state index in [1.54, 1.807) is 0 Å². The van der Waals surface area contributed by atoms with Crippen molar-refractivity contribution in [1.82, 2.24) is 9.97 Å². The predicted octanol–water partition coefficient (Wildman–Crippen LogP) is -3.72. The molecule has 1 aromatic rings. The van der Waals surface area contributed by atoms with Crippen LogP contribution in [0.1, 0.15) is 0 Å². The fourth-order valence-corrected chi connectivity index (χ4v) is 2.36. The summed E-state index contributed by atoms with van der Waals surface area (Å²) in [6, 6.07) is 0. The van der Waals surface area contributed by atoms with Crippen LogP contribution < -0.4 is 26.5 Å². The Morgan fingerprint density at radius 2 is 2.13 bits per heavy atom. The van der Waals surface area contributed by atoms with E-state index < -0.39 is 29.9 Å². The van der Waals surface area contributed by atoms with E-state index in [4.69, 9.17) is 10.6 Å². The normalized spacial score (nSPS) is 22.2. The SMILES string of the molecule is Nc1nc2c(c(=O)[nH]1)N=CP2([O-])([O-])O.[Ca+2]. The Balaban J connectivity index is 0.00000112. The number of nitrogens with two attached hydrogens (primary N) is 1. The van der Waals surface area contributed by atoms with Crippen LogP contribution in [0, 0.1) is 0 Å². The van der Waals surface area contributed by atoms with Crippen molar-refractivity contribution in [1.29, 1.82) is 0 Å². The molecule has 0 radical (unpaired) electrons. The summed E-state index contributed by atoms with van der Waals surface area (Å²) in [4.78, 5) is 51.5. The number of aliphatic imine (C=N–C) groups is 1. The van der Waals surface area contributed by atoms with Gasteiger partial charge in [0.2, 0.25) is 0 Å². The Labute approximate surface area is 113 Å². The summed E-state index contributed by atoms with van der Waals surface area (Å²) in [5.74, 6) is -0.0909. The van der Waals surface area contributed by atoms with Gasteiger partial charge in [-0.2, -0.15) is 0 Å². The number of aromatic amines is 1. The van der Waals surface area contributed by atoms with Crippen LogP contribution in [-0.2, 0) is 0 Å². The number of nitrogen functional groups attached to an aromatic ring is 1. The number of aromatic nitrogens is 2. The van der Waals surface area contributed by atoms with E-state index in [-0.39, 0.29) is 37.7 Å². The second-order valence-electron chi connectivity index (χ2n) is 2.84. The van der Waals surface area contributed by atoms with Crippen molar-refractivity contribution < 1.29 is 14.7 Å². The first-order valence-corrected chi connectivity index (χ1v) is 5.56. The maximum absolute atomic E-state index is 11.3. The first-order valence-electron chi connectivity index (χ1n) is 3.47. The number of hydrogen-bond acceptors (Lipinski definition) is 7. The number of fused-ring (bicyclic) bond motifs is 1. The van der Waals surface area contributed by atoms with Crippen LogP contribution in [0.2, 0.25) is 0 Å². The van der Waals surface area contributed by atoms with Crippen LogP contribution >= 0.6 is 7.28 Å². The summed E-state index contributed by atoms with van der Waals surface area (Å²) >= 11 is 0. The zero-order valence-corrected chi connectivity index (χ0v) is 10.5. The third kappa shape index (κ3) is 2.07. The molecule has 1 aliphatic heterocycles. The maximum atomic E-state index is 11.3. The van der Waals surface area contributed by atoms with Crippen LogP contribution in [0.25, 0.3) is 0 Å². The fraction of sp³-hybridized carbons (Fsp3) is 0. The van der Waals surface area contributed by atoms with E-state index in [2.05, 4.69) is 15.0 Å². The Hall–Kier alpha value is -0.0803. The number of anilines is 1. The molecule has 0 unspecified atom stereocenters. The van der Waals surface area contributed by atoms with Crippen LogP contribution in [0.15, 0.2) is 9.79 Å². The molecule has 4 N–H and O–H groups in total. The quantitative estimate of drug-likeness (QED) is 0.321. The second kappa shape index (κ2) is 3.46. The van der Waals surface area contributed by atoms with Gasteiger partial charge in [-0.25, -0.2) is 0 Å². The van der Waals surface area contributed by atoms with Crippen molar-refractivity contribution >= 4 is 68.0 Å². The van der Waals surface area contributed by atoms with E-state index in [0.717, 1.165) is 0 Å². The molecule has 0 aromatic carbocycles. The van der Waals surface area contributed by atoms with Crippen molar-refractivity contribution in [2.45, 2.75) is 0 Å². The van der Waals surface area contributed by atoms with Gasteiger partial charge in [0, 0.05) is 0 Å². The molecule has 1 aliphatic rings. The molecule has 0 saturated carbocycles. The summed E-state index contributed by atoms with van der Waals surface area (Å²) in [6.45, 7) is 0. The van der Waals surface area contributed by atoms with Gasteiger partial charge < -0.3 is 0 Å². The van der Waals surface area contributed by atoms with Gasteiger partial charge in [0.1, 0.15) is 0 Å². The minimum absolute atomic E-state index is 0. The van der Waals surface area contributed by atoms with Crippen LogP contribution in [-0.4, -0.2) is 58.6 Å². The summed E-state index contributed by atoms with van der Waals surface area (Å²) in [5, 5.41) is 0. The largest absolute Gasteiger partial charge is 2.00 e. The maximum Gasteiger partial charge on any atom is 2.00 e. The van der Waals surface area contributed by atoms with Crippen molar-refractivity contribution in [3.8, 4) is 0 Å². The Morgan fingerprint density at radius 3 is 2.73 bits per heavy atom. The predicted molar refractivity (Wildman–Crippen MR) is 51.9 cm³/mol. The molecule has 0 spiro atoms. The molecule has 0 bridgehead atoms. The zero-order valence-electron chi connectivity index (χ0n) is 7.38. The third-order valence-corrected chi connectivity index (χ3v) is 3.29. The molecule has 0 aliphatic carbocycles. The van der Waals surface area contributed by atoms with Crippen molar-refractivity contribution in [2.24, 2.45) is 4.99 Å². The smallest absolute Gasteiger partial charge is 2.00 e. The topological polar surface area (TPSA) is 150 Å². The summed E-state index contributed by atoms with van der Waals surface area (Å²) in [6.07, 6.45) is 0. The third-order valence-electron chi connectivity index (χ3n) is 1.68. The average molecular weight is 256 g/mol. The summed E-state index contributed by atoms with van der Waals surface area (Å²) < 4.78 is 0. The van der Waals surface area contributed by atoms with Crippen LogP contribution in [0.4, 0.5) is 11.6 Å². The Kier molecular flexibility index (Phi) is 2.99. The van der Waals surface area contributed by atoms with Gasteiger partial charge >= 0.3 is 114 Å². The summed E-state index contributed by atoms with van der Waals surface area (Å²) in [5.41, 5.74) is 3.06. The number of hydrogen-bond donors (Lipinski definition) is 3. The first-order chi connectivity index (χ1) is 6.28. The molecule has 15 heavy (non-hydrogen) atoms. The van der Waals surface area contributed by atoms with Crippen molar-refractivity contribution in [3.05, 3.63) is 10.4 Å². The van der Waals surface area contributed by atoms with Gasteiger partial charge in [0.15, 0.2) is 0 Å². The number of rotatable bonds is 0. The second-order valence-corrected chi connectivity index (χ2v) is 5.45. The summed E-state index contributed by atoms with van der Waals surface area (Å²) in [7, 11) is -5.69. The van der Waals surface area contributed by atoms with Gasteiger partial charge in [-0.05, 0) is 0 Å². The van der Waals surface area contributed by atoms with E-state index in [1.807, 2.05) is 0 Å². The standard InChI is InChI=1S/C5H5N4O4P.Ca/c6-5-8-3(10)2-4(9-5)14(11,12,13)1-7-2;/h1,11H,(H3,6,8,9,10);/q-2;+2. The van der Waals surface area contributed by atoms with Gasteiger partial charge in [-0.3, -0.25) is 0 Å². The molecule has 0 amide bonds. The molecular formula is C5H5CaN4O4P. The van der Waals surface area contributed by atoms with E-state index in [9.17, 15) is 14.6 Å². The number of nitrogens with one attached hydrogen (secondary N) is 1. The van der Waals surface area contributed by atoms with Crippen molar-refractivity contribution in [3.63, 3.8) is 0 Å². The zero-order chi connectivity index (χ0) is 10.6. The molecule has 2 rings (SSSR count). The molecule has 1 aromatic heterocycles. The molecule has 0 saturated heterocycles. The van der Waals surface area contributed by atoms with Crippen LogP contribution in [0.5, 0.6) is 0 Å². The molecule has 10 heteroatoms.